The highest BCUT2D eigenvalue weighted by atomic mass is 35.5. The SMILES string of the molecule is COc1cc(Cl)c(C)cc1NC(=O)/C=C/c1ccccc1. The third-order valence-electron chi connectivity index (χ3n) is 2.97. The quantitative estimate of drug-likeness (QED) is 0.855. The van der Waals surface area contributed by atoms with E-state index in [1.165, 1.54) is 13.2 Å². The van der Waals surface area contributed by atoms with E-state index >= 15 is 0 Å². The van der Waals surface area contributed by atoms with Crippen LogP contribution in [0.4, 0.5) is 5.69 Å². The maximum Gasteiger partial charge on any atom is 0.248 e. The summed E-state index contributed by atoms with van der Waals surface area (Å²) in [4.78, 5) is 12.0. The molecule has 1 N–H and O–H groups in total. The number of methoxy groups -OCH3 is 1. The summed E-state index contributed by atoms with van der Waals surface area (Å²) >= 11 is 6.04. The average Bonchev–Trinajstić information content (AvgIpc) is 2.49. The van der Waals surface area contributed by atoms with Gasteiger partial charge in [-0.15, -0.1) is 0 Å². The van der Waals surface area contributed by atoms with Gasteiger partial charge in [-0.2, -0.15) is 0 Å². The highest BCUT2D eigenvalue weighted by molar-refractivity contribution is 6.31. The van der Waals surface area contributed by atoms with Gasteiger partial charge in [0.25, 0.3) is 0 Å². The van der Waals surface area contributed by atoms with Crippen molar-refractivity contribution in [3.05, 3.63) is 64.7 Å². The first-order valence-electron chi connectivity index (χ1n) is 6.48. The minimum atomic E-state index is -0.223. The van der Waals surface area contributed by atoms with Gasteiger partial charge in [-0.1, -0.05) is 41.9 Å². The lowest BCUT2D eigenvalue weighted by Crippen LogP contribution is -2.09. The number of nitrogens with one attached hydrogen (secondary N) is 1. The monoisotopic (exact) mass is 301 g/mol. The van der Waals surface area contributed by atoms with Crippen molar-refractivity contribution >= 4 is 29.3 Å². The standard InChI is InChI=1S/C17H16ClNO2/c1-12-10-15(16(21-2)11-14(12)18)19-17(20)9-8-13-6-4-3-5-7-13/h3-11H,1-2H3,(H,19,20)/b9-8+. The molecule has 2 rings (SSSR count). The average molecular weight is 302 g/mol. The third-order valence-corrected chi connectivity index (χ3v) is 3.37. The number of aryl methyl sites for hydroxylation is 1. The van der Waals surface area contributed by atoms with Gasteiger partial charge in [0.15, 0.2) is 0 Å². The smallest absolute Gasteiger partial charge is 0.248 e. The Balaban J connectivity index is 2.13. The van der Waals surface area contributed by atoms with Crippen LogP contribution in [0, 0.1) is 6.92 Å². The van der Waals surface area contributed by atoms with Crippen LogP contribution in [0.25, 0.3) is 6.08 Å². The summed E-state index contributed by atoms with van der Waals surface area (Å²) in [5.74, 6) is 0.311. The first-order chi connectivity index (χ1) is 10.1. The lowest BCUT2D eigenvalue weighted by molar-refractivity contribution is -0.111. The van der Waals surface area contributed by atoms with E-state index in [0.29, 0.717) is 16.5 Å². The Morgan fingerprint density at radius 2 is 1.95 bits per heavy atom. The van der Waals surface area contributed by atoms with Crippen LogP contribution in [-0.4, -0.2) is 13.0 Å². The number of halogens is 1. The summed E-state index contributed by atoms with van der Waals surface area (Å²) in [5.41, 5.74) is 2.44. The van der Waals surface area contributed by atoms with Crippen LogP contribution in [0.5, 0.6) is 5.75 Å². The van der Waals surface area contributed by atoms with Crippen molar-refractivity contribution in [2.24, 2.45) is 0 Å². The maximum atomic E-state index is 12.0. The highest BCUT2D eigenvalue weighted by Gasteiger charge is 2.08. The molecule has 0 radical (unpaired) electrons. The second-order valence-corrected chi connectivity index (χ2v) is 4.94. The van der Waals surface area contributed by atoms with Crippen molar-refractivity contribution in [2.45, 2.75) is 6.92 Å². The molecule has 0 saturated carbocycles. The van der Waals surface area contributed by atoms with Crippen molar-refractivity contribution in [3.63, 3.8) is 0 Å². The zero-order valence-corrected chi connectivity index (χ0v) is 12.6. The molecule has 0 aliphatic heterocycles. The van der Waals surface area contributed by atoms with Gasteiger partial charge in [-0.25, -0.2) is 0 Å². The van der Waals surface area contributed by atoms with Gasteiger partial charge < -0.3 is 10.1 Å². The van der Waals surface area contributed by atoms with Gasteiger partial charge in [0.1, 0.15) is 5.75 Å². The van der Waals surface area contributed by atoms with E-state index in [1.807, 2.05) is 37.3 Å². The number of benzene rings is 2. The third kappa shape index (κ3) is 4.10. The molecule has 108 valence electrons. The van der Waals surface area contributed by atoms with E-state index in [1.54, 1.807) is 18.2 Å². The van der Waals surface area contributed by atoms with E-state index in [9.17, 15) is 4.79 Å². The van der Waals surface area contributed by atoms with E-state index in [2.05, 4.69) is 5.32 Å². The first kappa shape index (κ1) is 15.1. The highest BCUT2D eigenvalue weighted by Crippen LogP contribution is 2.30. The Kier molecular flexibility index (Phi) is 5.01. The number of amides is 1. The minimum Gasteiger partial charge on any atom is -0.495 e. The van der Waals surface area contributed by atoms with E-state index < -0.39 is 0 Å². The molecule has 0 spiro atoms. The zero-order valence-electron chi connectivity index (χ0n) is 11.9. The summed E-state index contributed by atoms with van der Waals surface area (Å²) in [6, 6.07) is 13.1. The fourth-order valence-electron chi connectivity index (χ4n) is 1.84. The molecule has 21 heavy (non-hydrogen) atoms. The van der Waals surface area contributed by atoms with Gasteiger partial charge >= 0.3 is 0 Å². The number of rotatable bonds is 4. The Labute approximate surface area is 129 Å². The van der Waals surface area contributed by atoms with Crippen LogP contribution in [0.2, 0.25) is 5.02 Å². The van der Waals surface area contributed by atoms with Crippen LogP contribution in [-0.2, 0) is 4.79 Å². The zero-order chi connectivity index (χ0) is 15.2. The van der Waals surface area contributed by atoms with Gasteiger partial charge in [0, 0.05) is 17.2 Å². The fourth-order valence-corrected chi connectivity index (χ4v) is 1.99. The molecule has 3 nitrogen and oxygen atoms in total. The van der Waals surface area contributed by atoms with Crippen LogP contribution in [0.1, 0.15) is 11.1 Å². The van der Waals surface area contributed by atoms with E-state index in [0.717, 1.165) is 11.1 Å². The topological polar surface area (TPSA) is 38.3 Å². The van der Waals surface area contributed by atoms with Gasteiger partial charge in [-0.3, -0.25) is 4.79 Å². The molecule has 0 bridgehead atoms. The second kappa shape index (κ2) is 6.95. The molecule has 0 aliphatic rings. The summed E-state index contributed by atoms with van der Waals surface area (Å²) in [6.45, 7) is 1.87. The van der Waals surface area contributed by atoms with Crippen LogP contribution >= 0.6 is 11.6 Å². The Bertz CT molecular complexity index is 666. The summed E-state index contributed by atoms with van der Waals surface area (Å²) in [7, 11) is 1.54. The molecule has 2 aromatic rings. The number of hydrogen-bond acceptors (Lipinski definition) is 2. The molecule has 0 aliphatic carbocycles. The molecule has 0 saturated heterocycles. The minimum absolute atomic E-state index is 0.223. The van der Waals surface area contributed by atoms with Crippen molar-refractivity contribution in [3.8, 4) is 5.75 Å². The fraction of sp³-hybridized carbons (Fsp3) is 0.118. The lowest BCUT2D eigenvalue weighted by Gasteiger charge is -2.11. The molecule has 0 heterocycles. The van der Waals surface area contributed by atoms with Crippen molar-refractivity contribution < 1.29 is 9.53 Å². The largest absolute Gasteiger partial charge is 0.495 e. The van der Waals surface area contributed by atoms with Gasteiger partial charge in [0.2, 0.25) is 5.91 Å². The van der Waals surface area contributed by atoms with Gasteiger partial charge in [0.05, 0.1) is 12.8 Å². The number of hydrogen-bond donors (Lipinski definition) is 1. The normalized spacial score (nSPS) is 10.6. The predicted molar refractivity (Wildman–Crippen MR) is 86.8 cm³/mol. The van der Waals surface area contributed by atoms with Gasteiger partial charge in [-0.05, 0) is 30.2 Å². The summed E-state index contributed by atoms with van der Waals surface area (Å²) in [5, 5.41) is 3.39. The molecule has 0 unspecified atom stereocenters. The number of carbonyl (C=O) groups is 1. The molecule has 4 heteroatoms. The molecule has 0 fully saturated rings. The Hall–Kier alpha value is -2.26. The number of anilines is 1. The lowest BCUT2D eigenvalue weighted by atomic mass is 10.2. The number of carbonyl (C=O) groups excluding carboxylic acids is 1. The van der Waals surface area contributed by atoms with E-state index in [-0.39, 0.29) is 5.91 Å². The molecule has 1 amide bonds. The van der Waals surface area contributed by atoms with Crippen LogP contribution < -0.4 is 10.1 Å². The predicted octanol–water partition coefficient (Wildman–Crippen LogP) is 4.31. The molecule has 0 atom stereocenters. The van der Waals surface area contributed by atoms with Crippen molar-refractivity contribution in [1.82, 2.24) is 0 Å². The van der Waals surface area contributed by atoms with Crippen LogP contribution in [0.3, 0.4) is 0 Å². The second-order valence-electron chi connectivity index (χ2n) is 4.53. The molecular weight excluding hydrogens is 286 g/mol. The summed E-state index contributed by atoms with van der Waals surface area (Å²) in [6.07, 6.45) is 3.24. The maximum absolute atomic E-state index is 12.0. The molecule has 0 aromatic heterocycles. The first-order valence-corrected chi connectivity index (χ1v) is 6.86. The molecule has 2 aromatic carbocycles. The van der Waals surface area contributed by atoms with E-state index in [4.69, 9.17) is 16.3 Å². The molecular formula is C17H16ClNO2. The summed E-state index contributed by atoms with van der Waals surface area (Å²) < 4.78 is 5.22. The van der Waals surface area contributed by atoms with Crippen LogP contribution in [0.15, 0.2) is 48.5 Å². The number of ether oxygens (including phenoxy) is 1. The Morgan fingerprint density at radius 3 is 2.62 bits per heavy atom. The van der Waals surface area contributed by atoms with Crippen molar-refractivity contribution in [2.75, 3.05) is 12.4 Å². The van der Waals surface area contributed by atoms with Crippen molar-refractivity contribution in [1.29, 1.82) is 0 Å². The Morgan fingerprint density at radius 1 is 1.24 bits per heavy atom.